The van der Waals surface area contributed by atoms with E-state index in [9.17, 15) is 18.0 Å². The number of nitrogens with one attached hydrogen (secondary N) is 1. The molecule has 220 valence electrons. The monoisotopic (exact) mass is 599 g/mol. The number of halogens is 1. The van der Waals surface area contributed by atoms with Crippen LogP contribution in [0, 0.1) is 0 Å². The van der Waals surface area contributed by atoms with Crippen LogP contribution in [0.1, 0.15) is 37.3 Å². The van der Waals surface area contributed by atoms with E-state index >= 15 is 0 Å². The topological polar surface area (TPSA) is 96.0 Å². The van der Waals surface area contributed by atoms with Gasteiger partial charge in [0.25, 0.3) is 0 Å². The first kappa shape index (κ1) is 32.0. The lowest BCUT2D eigenvalue weighted by Gasteiger charge is -2.32. The smallest absolute Gasteiger partial charge is 0.243 e. The van der Waals surface area contributed by atoms with Crippen LogP contribution in [-0.2, 0) is 32.6 Å². The molecule has 0 aliphatic carbocycles. The third-order valence-corrected chi connectivity index (χ3v) is 8.18. The fourth-order valence-corrected chi connectivity index (χ4v) is 5.65. The fourth-order valence-electron chi connectivity index (χ4n) is 4.50. The number of methoxy groups -OCH3 is 1. The summed E-state index contributed by atoms with van der Waals surface area (Å²) in [6.07, 6.45) is 2.50. The van der Waals surface area contributed by atoms with Gasteiger partial charge in [-0.1, -0.05) is 73.1 Å². The fraction of sp³-hybridized carbons (Fsp3) is 0.355. The lowest BCUT2D eigenvalue weighted by atomic mass is 10.0. The third-order valence-electron chi connectivity index (χ3n) is 6.61. The molecule has 3 rings (SSSR count). The number of carbonyl (C=O) groups is 2. The highest BCUT2D eigenvalue weighted by Crippen LogP contribution is 2.25. The number of anilines is 1. The highest BCUT2D eigenvalue weighted by molar-refractivity contribution is 7.92. The van der Waals surface area contributed by atoms with E-state index in [4.69, 9.17) is 16.3 Å². The van der Waals surface area contributed by atoms with Gasteiger partial charge in [-0.05, 0) is 42.2 Å². The van der Waals surface area contributed by atoms with E-state index in [1.165, 1.54) is 11.4 Å². The molecule has 10 heteroatoms. The number of rotatable bonds is 15. The minimum absolute atomic E-state index is 0.0345. The summed E-state index contributed by atoms with van der Waals surface area (Å²) in [6, 6.07) is 22.8. The van der Waals surface area contributed by atoms with Crippen LogP contribution < -0.4 is 14.4 Å². The van der Waals surface area contributed by atoms with Crippen molar-refractivity contribution in [1.82, 2.24) is 10.2 Å². The van der Waals surface area contributed by atoms with Crippen molar-refractivity contribution in [3.05, 3.63) is 95.0 Å². The van der Waals surface area contributed by atoms with Gasteiger partial charge in [-0.2, -0.15) is 0 Å². The predicted molar refractivity (Wildman–Crippen MR) is 164 cm³/mol. The molecule has 0 radical (unpaired) electrons. The Morgan fingerprint density at radius 2 is 1.71 bits per heavy atom. The minimum atomic E-state index is -3.62. The molecule has 0 saturated carbocycles. The van der Waals surface area contributed by atoms with Crippen LogP contribution >= 0.6 is 11.6 Å². The van der Waals surface area contributed by atoms with Gasteiger partial charge in [-0.25, -0.2) is 8.42 Å². The Kier molecular flexibility index (Phi) is 12.0. The number of hydrogen-bond acceptors (Lipinski definition) is 5. The van der Waals surface area contributed by atoms with Crippen molar-refractivity contribution < 1.29 is 22.7 Å². The lowest BCUT2D eigenvalue weighted by molar-refractivity contribution is -0.141. The molecule has 1 unspecified atom stereocenters. The zero-order valence-electron chi connectivity index (χ0n) is 23.8. The summed E-state index contributed by atoms with van der Waals surface area (Å²) in [5.41, 5.74) is 2.09. The van der Waals surface area contributed by atoms with Gasteiger partial charge in [0, 0.05) is 43.6 Å². The number of hydrogen-bond donors (Lipinski definition) is 1. The summed E-state index contributed by atoms with van der Waals surface area (Å²) >= 11 is 6.47. The SMILES string of the molecule is CCCNC(=O)C(Cc1ccccc1)N(Cc1ccccc1Cl)C(=O)CCCN(c1cccc(OC)c1)S(C)(=O)=O. The van der Waals surface area contributed by atoms with Gasteiger partial charge in [-0.15, -0.1) is 0 Å². The Labute approximate surface area is 248 Å². The quantitative estimate of drug-likeness (QED) is 0.263. The Morgan fingerprint density at radius 1 is 1.00 bits per heavy atom. The zero-order chi connectivity index (χ0) is 29.8. The lowest BCUT2D eigenvalue weighted by Crippen LogP contribution is -2.50. The molecular formula is C31H38ClN3O5S. The first-order valence-corrected chi connectivity index (χ1v) is 15.8. The van der Waals surface area contributed by atoms with E-state index in [2.05, 4.69) is 5.32 Å². The summed E-state index contributed by atoms with van der Waals surface area (Å²) < 4.78 is 31.8. The molecule has 0 heterocycles. The van der Waals surface area contributed by atoms with Crippen molar-refractivity contribution in [2.24, 2.45) is 0 Å². The van der Waals surface area contributed by atoms with Crippen molar-refractivity contribution in [2.45, 2.75) is 45.2 Å². The van der Waals surface area contributed by atoms with Crippen LogP contribution in [-0.4, -0.2) is 57.6 Å². The van der Waals surface area contributed by atoms with E-state index in [1.807, 2.05) is 55.5 Å². The summed E-state index contributed by atoms with van der Waals surface area (Å²) in [7, 11) is -2.11. The largest absolute Gasteiger partial charge is 0.497 e. The Balaban J connectivity index is 1.88. The standard InChI is InChI=1S/C31H38ClN3O5S/c1-4-19-33-31(37)29(21-24-12-6-5-7-13-24)34(23-25-14-8-9-17-28(25)32)30(36)18-11-20-35(41(3,38)39)26-15-10-16-27(22-26)40-2/h5-10,12-17,22,29H,4,11,18-21,23H2,1-3H3,(H,33,37). The Hall–Kier alpha value is -3.56. The number of nitrogens with zero attached hydrogens (tertiary/aromatic N) is 2. The van der Waals surface area contributed by atoms with Gasteiger partial charge in [-0.3, -0.25) is 13.9 Å². The zero-order valence-corrected chi connectivity index (χ0v) is 25.3. The number of ether oxygens (including phenoxy) is 1. The molecule has 0 fully saturated rings. The maximum atomic E-state index is 13.9. The van der Waals surface area contributed by atoms with E-state index in [0.29, 0.717) is 29.4 Å². The maximum absolute atomic E-state index is 13.9. The molecular weight excluding hydrogens is 562 g/mol. The van der Waals surface area contributed by atoms with E-state index in [-0.39, 0.29) is 37.7 Å². The number of sulfonamides is 1. The van der Waals surface area contributed by atoms with Gasteiger partial charge in [0.15, 0.2) is 0 Å². The highest BCUT2D eigenvalue weighted by atomic mass is 35.5. The average Bonchev–Trinajstić information content (AvgIpc) is 2.96. The number of carbonyl (C=O) groups excluding carboxylic acids is 2. The molecule has 0 aliphatic heterocycles. The second kappa shape index (κ2) is 15.4. The molecule has 0 spiro atoms. The molecule has 1 atom stereocenters. The first-order valence-electron chi connectivity index (χ1n) is 13.6. The van der Waals surface area contributed by atoms with E-state index < -0.39 is 16.1 Å². The Bertz CT molecular complexity index is 1400. The van der Waals surface area contributed by atoms with Crippen LogP contribution in [0.3, 0.4) is 0 Å². The van der Waals surface area contributed by atoms with Crippen LogP contribution in [0.5, 0.6) is 5.75 Å². The molecule has 1 N–H and O–H groups in total. The normalized spacial score (nSPS) is 11.9. The molecule has 2 amide bonds. The molecule has 0 saturated heterocycles. The maximum Gasteiger partial charge on any atom is 0.243 e. The van der Waals surface area contributed by atoms with Crippen LogP contribution in [0.25, 0.3) is 0 Å². The summed E-state index contributed by atoms with van der Waals surface area (Å²) in [5, 5.41) is 3.45. The second-order valence-corrected chi connectivity index (χ2v) is 12.1. The molecule has 8 nitrogen and oxygen atoms in total. The first-order chi connectivity index (χ1) is 19.6. The molecule has 3 aromatic rings. The summed E-state index contributed by atoms with van der Waals surface area (Å²) in [5.74, 6) is 0.0156. The van der Waals surface area contributed by atoms with Crippen molar-refractivity contribution >= 4 is 39.1 Å². The third kappa shape index (κ3) is 9.50. The highest BCUT2D eigenvalue weighted by Gasteiger charge is 2.30. The molecule has 0 bridgehead atoms. The summed E-state index contributed by atoms with van der Waals surface area (Å²) in [4.78, 5) is 28.9. The predicted octanol–water partition coefficient (Wildman–Crippen LogP) is 5.06. The van der Waals surface area contributed by atoms with Crippen molar-refractivity contribution in [2.75, 3.05) is 30.8 Å². The number of benzene rings is 3. The van der Waals surface area contributed by atoms with E-state index in [1.54, 1.807) is 35.2 Å². The number of amides is 2. The molecule has 0 aliphatic rings. The van der Waals surface area contributed by atoms with Gasteiger partial charge in [0.1, 0.15) is 11.8 Å². The van der Waals surface area contributed by atoms with Crippen LogP contribution in [0.15, 0.2) is 78.9 Å². The van der Waals surface area contributed by atoms with Gasteiger partial charge >= 0.3 is 0 Å². The summed E-state index contributed by atoms with van der Waals surface area (Å²) in [6.45, 7) is 2.68. The van der Waals surface area contributed by atoms with Crippen LogP contribution in [0.4, 0.5) is 5.69 Å². The molecule has 0 aromatic heterocycles. The van der Waals surface area contributed by atoms with Crippen molar-refractivity contribution in [3.63, 3.8) is 0 Å². The van der Waals surface area contributed by atoms with Gasteiger partial charge in [0.05, 0.1) is 19.1 Å². The second-order valence-electron chi connectivity index (χ2n) is 9.75. The van der Waals surface area contributed by atoms with Gasteiger partial charge in [0.2, 0.25) is 21.8 Å². The average molecular weight is 600 g/mol. The Morgan fingerprint density at radius 3 is 2.37 bits per heavy atom. The minimum Gasteiger partial charge on any atom is -0.497 e. The van der Waals surface area contributed by atoms with Crippen LogP contribution in [0.2, 0.25) is 5.02 Å². The van der Waals surface area contributed by atoms with Gasteiger partial charge < -0.3 is 15.0 Å². The van der Waals surface area contributed by atoms with Crippen molar-refractivity contribution in [1.29, 1.82) is 0 Å². The van der Waals surface area contributed by atoms with E-state index in [0.717, 1.165) is 23.8 Å². The molecule has 41 heavy (non-hydrogen) atoms. The van der Waals surface area contributed by atoms with Crippen molar-refractivity contribution in [3.8, 4) is 5.75 Å². The molecule has 3 aromatic carbocycles.